The molecule has 0 radical (unpaired) electrons. The van der Waals surface area contributed by atoms with E-state index in [2.05, 4.69) is 17.6 Å². The Kier molecular flexibility index (Phi) is 11.3. The van der Waals surface area contributed by atoms with Gasteiger partial charge in [0, 0.05) is 20.2 Å². The van der Waals surface area contributed by atoms with Crippen molar-refractivity contribution in [3.8, 4) is 0 Å². The fourth-order valence-corrected chi connectivity index (χ4v) is 2.54. The normalized spacial score (nSPS) is 22.6. The summed E-state index contributed by atoms with van der Waals surface area (Å²) in [5.74, 6) is 1.71. The number of carbonyl (C=O) groups is 1. The second-order valence-corrected chi connectivity index (χ2v) is 5.27. The maximum atomic E-state index is 11.6. The van der Waals surface area contributed by atoms with E-state index in [4.69, 9.17) is 4.74 Å². The summed E-state index contributed by atoms with van der Waals surface area (Å²) < 4.78 is 4.91. The number of rotatable bonds is 8. The van der Waals surface area contributed by atoms with E-state index in [9.17, 15) is 4.79 Å². The van der Waals surface area contributed by atoms with Gasteiger partial charge in [0.15, 0.2) is 0 Å². The van der Waals surface area contributed by atoms with Crippen molar-refractivity contribution in [2.24, 2.45) is 11.8 Å². The summed E-state index contributed by atoms with van der Waals surface area (Å²) in [6.07, 6.45) is 6.53. The summed E-state index contributed by atoms with van der Waals surface area (Å²) in [5, 5.41) is 6.07. The van der Waals surface area contributed by atoms with Crippen molar-refractivity contribution in [2.75, 3.05) is 33.4 Å². The molecule has 0 atom stereocenters. The van der Waals surface area contributed by atoms with Crippen LogP contribution in [0.4, 0.5) is 0 Å². The van der Waals surface area contributed by atoms with Crippen LogP contribution < -0.4 is 10.6 Å². The van der Waals surface area contributed by atoms with Crippen LogP contribution in [0.15, 0.2) is 0 Å². The molecule has 0 aromatic carbocycles. The largest absolute Gasteiger partial charge is 0.383 e. The van der Waals surface area contributed by atoms with Crippen LogP contribution in [0.1, 0.15) is 39.0 Å². The van der Waals surface area contributed by atoms with Crippen LogP contribution >= 0.6 is 12.4 Å². The summed E-state index contributed by atoms with van der Waals surface area (Å²) in [6, 6.07) is 0. The summed E-state index contributed by atoms with van der Waals surface area (Å²) in [6.45, 7) is 4.90. The summed E-state index contributed by atoms with van der Waals surface area (Å²) in [7, 11) is 1.66. The lowest BCUT2D eigenvalue weighted by Gasteiger charge is -2.27. The molecule has 0 bridgehead atoms. The van der Waals surface area contributed by atoms with Crippen molar-refractivity contribution in [2.45, 2.75) is 39.0 Å². The van der Waals surface area contributed by atoms with E-state index in [0.717, 1.165) is 19.0 Å². The van der Waals surface area contributed by atoms with E-state index < -0.39 is 0 Å². The number of ether oxygens (including phenoxy) is 1. The van der Waals surface area contributed by atoms with Gasteiger partial charge in [-0.1, -0.05) is 26.2 Å². The van der Waals surface area contributed by atoms with E-state index in [-0.39, 0.29) is 18.3 Å². The molecular weight excluding hydrogens is 264 g/mol. The minimum absolute atomic E-state index is 0. The Bertz CT molecular complexity index is 231. The Morgan fingerprint density at radius 3 is 2.42 bits per heavy atom. The number of nitrogens with one attached hydrogen (secondary N) is 2. The lowest BCUT2D eigenvalue weighted by Crippen LogP contribution is -2.38. The number of halogens is 1. The Morgan fingerprint density at radius 2 is 1.84 bits per heavy atom. The van der Waals surface area contributed by atoms with Gasteiger partial charge in [-0.25, -0.2) is 0 Å². The van der Waals surface area contributed by atoms with Gasteiger partial charge in [0.25, 0.3) is 0 Å². The molecular formula is C14H29ClN2O2. The van der Waals surface area contributed by atoms with Gasteiger partial charge in [-0.05, 0) is 24.7 Å². The molecule has 0 spiro atoms. The van der Waals surface area contributed by atoms with Crippen molar-refractivity contribution in [1.82, 2.24) is 10.6 Å². The minimum Gasteiger partial charge on any atom is -0.383 e. The molecule has 1 aliphatic carbocycles. The first-order chi connectivity index (χ1) is 8.76. The third-order valence-corrected chi connectivity index (χ3v) is 3.90. The van der Waals surface area contributed by atoms with Gasteiger partial charge < -0.3 is 15.4 Å². The molecule has 1 rings (SSSR count). The molecule has 1 aliphatic rings. The van der Waals surface area contributed by atoms with Crippen LogP contribution in [0.3, 0.4) is 0 Å². The highest BCUT2D eigenvalue weighted by Crippen LogP contribution is 2.29. The predicted octanol–water partition coefficient (Wildman–Crippen LogP) is 1.98. The van der Waals surface area contributed by atoms with E-state index in [1.54, 1.807) is 7.11 Å². The lowest BCUT2D eigenvalue weighted by molar-refractivity contribution is -0.120. The first-order valence-corrected chi connectivity index (χ1v) is 7.22. The van der Waals surface area contributed by atoms with Gasteiger partial charge in [0.2, 0.25) is 5.91 Å². The molecule has 4 nitrogen and oxygen atoms in total. The maximum Gasteiger partial charge on any atom is 0.233 e. The van der Waals surface area contributed by atoms with Gasteiger partial charge in [-0.2, -0.15) is 0 Å². The molecule has 19 heavy (non-hydrogen) atoms. The highest BCUT2D eigenvalue weighted by molar-refractivity contribution is 5.85. The fraction of sp³-hybridized carbons (Fsp3) is 0.929. The Hall–Kier alpha value is -0.320. The molecule has 5 heteroatoms. The molecule has 0 saturated heterocycles. The summed E-state index contributed by atoms with van der Waals surface area (Å²) in [4.78, 5) is 11.6. The molecule has 1 saturated carbocycles. The molecule has 1 amide bonds. The van der Waals surface area contributed by atoms with Gasteiger partial charge in [-0.15, -0.1) is 12.4 Å². The maximum absolute atomic E-state index is 11.6. The SMILES string of the molecule is CCC1CCC(CNC(=O)CNCCOC)CC1.Cl. The lowest BCUT2D eigenvalue weighted by atomic mass is 9.81. The highest BCUT2D eigenvalue weighted by Gasteiger charge is 2.20. The van der Waals surface area contributed by atoms with E-state index in [0.29, 0.717) is 19.1 Å². The zero-order chi connectivity index (χ0) is 13.2. The quantitative estimate of drug-likeness (QED) is 0.673. The third-order valence-electron chi connectivity index (χ3n) is 3.90. The Balaban J connectivity index is 0.00000324. The molecule has 114 valence electrons. The molecule has 0 heterocycles. The van der Waals surface area contributed by atoms with Crippen molar-refractivity contribution in [1.29, 1.82) is 0 Å². The average molecular weight is 293 g/mol. The van der Waals surface area contributed by atoms with Crippen molar-refractivity contribution in [3.05, 3.63) is 0 Å². The van der Waals surface area contributed by atoms with Gasteiger partial charge in [-0.3, -0.25) is 4.79 Å². The van der Waals surface area contributed by atoms with E-state index in [1.807, 2.05) is 0 Å². The van der Waals surface area contributed by atoms with Crippen LogP contribution in [-0.4, -0.2) is 39.3 Å². The third kappa shape index (κ3) is 8.45. The molecule has 2 N–H and O–H groups in total. The number of carbonyl (C=O) groups excluding carboxylic acids is 1. The number of hydrogen-bond acceptors (Lipinski definition) is 3. The first kappa shape index (κ1) is 18.7. The monoisotopic (exact) mass is 292 g/mol. The smallest absolute Gasteiger partial charge is 0.233 e. The Labute approximate surface area is 123 Å². The van der Waals surface area contributed by atoms with Crippen LogP contribution in [-0.2, 0) is 9.53 Å². The number of hydrogen-bond donors (Lipinski definition) is 2. The van der Waals surface area contributed by atoms with E-state index >= 15 is 0 Å². The molecule has 0 aromatic rings. The Morgan fingerprint density at radius 1 is 1.21 bits per heavy atom. The van der Waals surface area contributed by atoms with Crippen LogP contribution in [0, 0.1) is 11.8 Å². The second kappa shape index (κ2) is 11.5. The number of amides is 1. The van der Waals surface area contributed by atoms with Crippen molar-refractivity contribution in [3.63, 3.8) is 0 Å². The minimum atomic E-state index is 0. The van der Waals surface area contributed by atoms with E-state index in [1.165, 1.54) is 32.1 Å². The number of methoxy groups -OCH3 is 1. The zero-order valence-electron chi connectivity index (χ0n) is 12.2. The van der Waals surface area contributed by atoms with Gasteiger partial charge >= 0.3 is 0 Å². The van der Waals surface area contributed by atoms with Crippen LogP contribution in [0.5, 0.6) is 0 Å². The predicted molar refractivity (Wildman–Crippen MR) is 80.7 cm³/mol. The zero-order valence-corrected chi connectivity index (χ0v) is 13.1. The first-order valence-electron chi connectivity index (χ1n) is 7.22. The molecule has 0 unspecified atom stereocenters. The van der Waals surface area contributed by atoms with Gasteiger partial charge in [0.1, 0.15) is 0 Å². The summed E-state index contributed by atoms with van der Waals surface area (Å²) in [5.41, 5.74) is 0. The standard InChI is InChI=1S/C14H28N2O2.ClH/c1-3-12-4-6-13(7-5-12)10-16-14(17)11-15-8-9-18-2;/h12-13,15H,3-11H2,1-2H3,(H,16,17);1H. The molecule has 0 aliphatic heterocycles. The van der Waals surface area contributed by atoms with Crippen molar-refractivity contribution >= 4 is 18.3 Å². The summed E-state index contributed by atoms with van der Waals surface area (Å²) >= 11 is 0. The molecule has 0 aromatic heterocycles. The van der Waals surface area contributed by atoms with Gasteiger partial charge in [0.05, 0.1) is 13.2 Å². The topological polar surface area (TPSA) is 50.4 Å². The van der Waals surface area contributed by atoms with Crippen LogP contribution in [0.2, 0.25) is 0 Å². The van der Waals surface area contributed by atoms with Crippen molar-refractivity contribution < 1.29 is 9.53 Å². The molecule has 1 fully saturated rings. The fourth-order valence-electron chi connectivity index (χ4n) is 2.54. The second-order valence-electron chi connectivity index (χ2n) is 5.27. The average Bonchev–Trinajstić information content (AvgIpc) is 2.42. The van der Waals surface area contributed by atoms with Crippen LogP contribution in [0.25, 0.3) is 0 Å². The highest BCUT2D eigenvalue weighted by atomic mass is 35.5.